The molecule has 1 heterocycles. The minimum atomic E-state index is -3.50. The number of nitrogens with zero attached hydrogens (tertiary/aromatic N) is 1. The molecule has 0 amide bonds. The van der Waals surface area contributed by atoms with Crippen molar-refractivity contribution in [3.63, 3.8) is 0 Å². The number of fused-ring (bicyclic) bond motifs is 1. The number of hydrogen-bond donors (Lipinski definition) is 1. The van der Waals surface area contributed by atoms with Gasteiger partial charge in [-0.25, -0.2) is 13.1 Å². The molecule has 0 aliphatic heterocycles. The molecule has 3 rings (SSSR count). The molecule has 1 unspecified atom stereocenters. The van der Waals surface area contributed by atoms with Crippen LogP contribution in [0.5, 0.6) is 0 Å². The molecular formula is C14H15BrN2O2S. The number of pyridine rings is 1. The van der Waals surface area contributed by atoms with Gasteiger partial charge in [0, 0.05) is 34.5 Å². The van der Waals surface area contributed by atoms with Gasteiger partial charge < -0.3 is 0 Å². The van der Waals surface area contributed by atoms with Gasteiger partial charge >= 0.3 is 0 Å². The normalized spacial score (nSPS) is 17.2. The van der Waals surface area contributed by atoms with Gasteiger partial charge in [-0.2, -0.15) is 0 Å². The summed E-state index contributed by atoms with van der Waals surface area (Å²) in [6.07, 6.45) is 5.64. The van der Waals surface area contributed by atoms with E-state index >= 15 is 0 Å². The Morgan fingerprint density at radius 1 is 1.35 bits per heavy atom. The van der Waals surface area contributed by atoms with E-state index in [1.165, 1.54) is 12.8 Å². The van der Waals surface area contributed by atoms with E-state index in [0.29, 0.717) is 22.7 Å². The van der Waals surface area contributed by atoms with Gasteiger partial charge in [0.15, 0.2) is 0 Å². The molecule has 6 heteroatoms. The average molecular weight is 355 g/mol. The van der Waals surface area contributed by atoms with Crippen molar-refractivity contribution in [2.75, 3.05) is 6.54 Å². The molecular weight excluding hydrogens is 340 g/mol. The van der Waals surface area contributed by atoms with E-state index in [2.05, 4.69) is 25.6 Å². The van der Waals surface area contributed by atoms with Crippen LogP contribution in [0, 0.1) is 5.92 Å². The lowest BCUT2D eigenvalue weighted by Gasteiger charge is -2.12. The first kappa shape index (κ1) is 14.0. The summed E-state index contributed by atoms with van der Waals surface area (Å²) < 4.78 is 27.6. The third-order valence-corrected chi connectivity index (χ3v) is 6.09. The van der Waals surface area contributed by atoms with E-state index in [0.717, 1.165) is 5.39 Å². The predicted octanol–water partition coefficient (Wildman–Crippen LogP) is 2.69. The van der Waals surface area contributed by atoms with Gasteiger partial charge in [-0.15, -0.1) is 0 Å². The Labute approximate surface area is 126 Å². The second-order valence-corrected chi connectivity index (χ2v) is 7.97. The topological polar surface area (TPSA) is 59.1 Å². The predicted molar refractivity (Wildman–Crippen MR) is 82.4 cm³/mol. The van der Waals surface area contributed by atoms with Crippen LogP contribution < -0.4 is 4.72 Å². The van der Waals surface area contributed by atoms with E-state index in [1.807, 2.05) is 6.07 Å². The van der Waals surface area contributed by atoms with Gasteiger partial charge in [-0.05, 0) is 30.9 Å². The third-order valence-electron chi connectivity index (χ3n) is 3.53. The van der Waals surface area contributed by atoms with Crippen LogP contribution in [0.4, 0.5) is 0 Å². The molecule has 1 aliphatic carbocycles. The number of benzene rings is 1. The van der Waals surface area contributed by atoms with E-state index in [4.69, 9.17) is 0 Å². The number of halogens is 1. The molecule has 2 aromatic rings. The fourth-order valence-corrected chi connectivity index (χ4v) is 4.41. The minimum absolute atomic E-state index is 0.217. The molecule has 1 saturated carbocycles. The number of rotatable bonds is 5. The summed E-state index contributed by atoms with van der Waals surface area (Å²) >= 11 is 3.54. The van der Waals surface area contributed by atoms with Crippen LogP contribution >= 0.6 is 15.9 Å². The standard InChI is InChI=1S/C14H15BrN2O2S/c15-13(10-4-5-10)9-17-20(18,19)14-3-1-2-11-8-16-7-6-12(11)14/h1-3,6-8,10,13,17H,4-5,9H2. The van der Waals surface area contributed by atoms with Crippen LogP contribution in [0.15, 0.2) is 41.6 Å². The minimum Gasteiger partial charge on any atom is -0.264 e. The van der Waals surface area contributed by atoms with Crippen molar-refractivity contribution in [3.8, 4) is 0 Å². The first-order chi connectivity index (χ1) is 9.58. The van der Waals surface area contributed by atoms with Crippen LogP contribution in [0.1, 0.15) is 12.8 Å². The van der Waals surface area contributed by atoms with Crippen LogP contribution in [0.2, 0.25) is 0 Å². The summed E-state index contributed by atoms with van der Waals surface area (Å²) in [7, 11) is -3.50. The van der Waals surface area contributed by atoms with Crippen molar-refractivity contribution in [1.29, 1.82) is 0 Å². The molecule has 1 aliphatic rings. The largest absolute Gasteiger partial charge is 0.264 e. The lowest BCUT2D eigenvalue weighted by molar-refractivity contribution is 0.578. The summed E-state index contributed by atoms with van der Waals surface area (Å²) in [4.78, 5) is 4.55. The maximum atomic E-state index is 12.4. The van der Waals surface area contributed by atoms with Crippen molar-refractivity contribution in [1.82, 2.24) is 9.71 Å². The molecule has 0 spiro atoms. The third kappa shape index (κ3) is 2.87. The molecule has 0 saturated heterocycles. The number of sulfonamides is 1. The van der Waals surface area contributed by atoms with E-state index in [1.54, 1.807) is 30.6 Å². The van der Waals surface area contributed by atoms with Gasteiger partial charge in [0.25, 0.3) is 0 Å². The Kier molecular flexibility index (Phi) is 3.79. The van der Waals surface area contributed by atoms with Gasteiger partial charge in [0.05, 0.1) is 4.90 Å². The fourth-order valence-electron chi connectivity index (χ4n) is 2.22. The van der Waals surface area contributed by atoms with E-state index < -0.39 is 10.0 Å². The van der Waals surface area contributed by atoms with Crippen molar-refractivity contribution in [3.05, 3.63) is 36.7 Å². The van der Waals surface area contributed by atoms with Gasteiger partial charge in [0.1, 0.15) is 0 Å². The molecule has 1 fully saturated rings. The first-order valence-electron chi connectivity index (χ1n) is 6.54. The number of alkyl halides is 1. The molecule has 106 valence electrons. The van der Waals surface area contributed by atoms with Crippen LogP contribution in [0.25, 0.3) is 10.8 Å². The summed E-state index contributed by atoms with van der Waals surface area (Å²) in [5, 5.41) is 1.53. The van der Waals surface area contributed by atoms with E-state index in [9.17, 15) is 8.42 Å². The molecule has 0 radical (unpaired) electrons. The summed E-state index contributed by atoms with van der Waals surface area (Å²) in [6, 6.07) is 6.96. The highest BCUT2D eigenvalue weighted by Crippen LogP contribution is 2.36. The second-order valence-electron chi connectivity index (χ2n) is 5.06. The maximum Gasteiger partial charge on any atom is 0.241 e. The van der Waals surface area contributed by atoms with Crippen molar-refractivity contribution < 1.29 is 8.42 Å². The fraction of sp³-hybridized carbons (Fsp3) is 0.357. The Bertz CT molecular complexity index is 724. The smallest absolute Gasteiger partial charge is 0.241 e. The average Bonchev–Trinajstić information content (AvgIpc) is 3.29. The Morgan fingerprint density at radius 3 is 2.90 bits per heavy atom. The summed E-state index contributed by atoms with van der Waals surface area (Å²) in [6.45, 7) is 0.425. The molecule has 1 N–H and O–H groups in total. The van der Waals surface area contributed by atoms with Crippen molar-refractivity contribution >= 4 is 36.7 Å². The SMILES string of the molecule is O=S(=O)(NCC(Br)C1CC1)c1cccc2cnccc12. The number of aromatic nitrogens is 1. The second kappa shape index (κ2) is 5.42. The van der Waals surface area contributed by atoms with Crippen molar-refractivity contribution in [2.24, 2.45) is 5.92 Å². The number of nitrogens with one attached hydrogen (secondary N) is 1. The Morgan fingerprint density at radius 2 is 2.15 bits per heavy atom. The zero-order chi connectivity index (χ0) is 14.2. The quantitative estimate of drug-likeness (QED) is 0.839. The monoisotopic (exact) mass is 354 g/mol. The van der Waals surface area contributed by atoms with Crippen LogP contribution in [0.3, 0.4) is 0 Å². The Hall–Kier alpha value is -0.980. The van der Waals surface area contributed by atoms with Gasteiger partial charge in [0.2, 0.25) is 10.0 Å². The zero-order valence-electron chi connectivity index (χ0n) is 10.8. The molecule has 0 bridgehead atoms. The van der Waals surface area contributed by atoms with Crippen LogP contribution in [-0.4, -0.2) is 24.8 Å². The van der Waals surface area contributed by atoms with Crippen LogP contribution in [-0.2, 0) is 10.0 Å². The summed E-state index contributed by atoms with van der Waals surface area (Å²) in [5.74, 6) is 0.606. The molecule has 20 heavy (non-hydrogen) atoms. The van der Waals surface area contributed by atoms with Gasteiger partial charge in [-0.1, -0.05) is 28.1 Å². The highest BCUT2D eigenvalue weighted by molar-refractivity contribution is 9.09. The Balaban J connectivity index is 1.88. The molecule has 4 nitrogen and oxygen atoms in total. The van der Waals surface area contributed by atoms with E-state index in [-0.39, 0.29) is 4.83 Å². The lowest BCUT2D eigenvalue weighted by atomic mass is 10.2. The molecule has 1 aromatic heterocycles. The zero-order valence-corrected chi connectivity index (χ0v) is 13.2. The lowest BCUT2D eigenvalue weighted by Crippen LogP contribution is -2.30. The first-order valence-corrected chi connectivity index (χ1v) is 8.94. The summed E-state index contributed by atoms with van der Waals surface area (Å²) in [5.41, 5.74) is 0. The molecule has 1 aromatic carbocycles. The van der Waals surface area contributed by atoms with Gasteiger partial charge in [-0.3, -0.25) is 4.98 Å². The number of hydrogen-bond acceptors (Lipinski definition) is 3. The molecule has 1 atom stereocenters. The highest BCUT2D eigenvalue weighted by atomic mass is 79.9. The van der Waals surface area contributed by atoms with Crippen molar-refractivity contribution in [2.45, 2.75) is 22.6 Å². The maximum absolute atomic E-state index is 12.4. The highest BCUT2D eigenvalue weighted by Gasteiger charge is 2.30.